The third-order valence-corrected chi connectivity index (χ3v) is 6.57. The topological polar surface area (TPSA) is 104 Å². The number of hydrogen-bond acceptors (Lipinski definition) is 7. The van der Waals surface area contributed by atoms with E-state index in [0.717, 1.165) is 44.4 Å². The maximum Gasteiger partial charge on any atom is 0.408 e. The van der Waals surface area contributed by atoms with E-state index >= 15 is 0 Å². The Morgan fingerprint density at radius 2 is 1.62 bits per heavy atom. The average molecular weight is 536 g/mol. The molecule has 0 saturated carbocycles. The normalized spacial score (nSPS) is 12.6. The molecule has 0 fully saturated rings. The van der Waals surface area contributed by atoms with Gasteiger partial charge in [-0.1, -0.05) is 60.7 Å². The lowest BCUT2D eigenvalue weighted by Gasteiger charge is -2.22. The minimum atomic E-state index is -0.658. The van der Waals surface area contributed by atoms with Crippen molar-refractivity contribution in [3.63, 3.8) is 0 Å². The van der Waals surface area contributed by atoms with Gasteiger partial charge in [0, 0.05) is 28.3 Å². The molecular formula is C32H29N3O5. The number of amides is 1. The number of para-hydroxylation sites is 2. The van der Waals surface area contributed by atoms with Crippen molar-refractivity contribution in [3.8, 4) is 23.0 Å². The van der Waals surface area contributed by atoms with Crippen LogP contribution >= 0.6 is 0 Å². The third kappa shape index (κ3) is 5.20. The first-order valence-electron chi connectivity index (χ1n) is 13.1. The zero-order valence-electron chi connectivity index (χ0n) is 22.7. The van der Waals surface area contributed by atoms with Crippen LogP contribution < -0.4 is 5.32 Å². The van der Waals surface area contributed by atoms with Crippen LogP contribution in [0, 0.1) is 6.92 Å². The zero-order valence-corrected chi connectivity index (χ0v) is 22.7. The molecule has 3 aromatic heterocycles. The Bertz CT molecular complexity index is 1770. The van der Waals surface area contributed by atoms with Crippen LogP contribution in [0.4, 0.5) is 4.79 Å². The van der Waals surface area contributed by atoms with E-state index < -0.39 is 17.7 Å². The van der Waals surface area contributed by atoms with Crippen LogP contribution in [0.1, 0.15) is 43.8 Å². The number of ether oxygens (including phenoxy) is 1. The standard InChI is InChI=1S/C32H29N3O5/c1-19-23-10-6-8-12-26(23)38-28(19)30-35-34-29(39-30)24(33-31(36)40-32(2,3)4)17-20-13-15-21(16-14-20)27-18-22-9-5-7-11-25(22)37-27/h5-16,18,24H,17H2,1-4H3,(H,33,36). The summed E-state index contributed by atoms with van der Waals surface area (Å²) in [5.74, 6) is 1.80. The number of nitrogens with one attached hydrogen (secondary N) is 1. The summed E-state index contributed by atoms with van der Waals surface area (Å²) >= 11 is 0. The van der Waals surface area contributed by atoms with Gasteiger partial charge in [-0.05, 0) is 51.5 Å². The predicted molar refractivity (Wildman–Crippen MR) is 152 cm³/mol. The number of furan rings is 2. The van der Waals surface area contributed by atoms with E-state index in [9.17, 15) is 4.79 Å². The van der Waals surface area contributed by atoms with Crippen molar-refractivity contribution in [2.75, 3.05) is 0 Å². The lowest BCUT2D eigenvalue weighted by molar-refractivity contribution is 0.0495. The first-order chi connectivity index (χ1) is 19.2. The molecule has 0 bridgehead atoms. The number of hydrogen-bond donors (Lipinski definition) is 1. The van der Waals surface area contributed by atoms with Crippen LogP contribution in [0.2, 0.25) is 0 Å². The number of alkyl carbamates (subject to hydrolysis) is 1. The van der Waals surface area contributed by atoms with Gasteiger partial charge in [-0.25, -0.2) is 4.79 Å². The fourth-order valence-electron chi connectivity index (χ4n) is 4.66. The minimum Gasteiger partial charge on any atom is -0.456 e. The molecular weight excluding hydrogens is 506 g/mol. The van der Waals surface area contributed by atoms with Crippen LogP contribution in [0.5, 0.6) is 0 Å². The van der Waals surface area contributed by atoms with Gasteiger partial charge in [-0.2, -0.15) is 0 Å². The van der Waals surface area contributed by atoms with Crippen LogP contribution in [0.25, 0.3) is 44.9 Å². The zero-order chi connectivity index (χ0) is 27.9. The molecule has 3 aromatic carbocycles. The molecule has 8 heteroatoms. The van der Waals surface area contributed by atoms with E-state index in [1.807, 2.05) is 107 Å². The van der Waals surface area contributed by atoms with E-state index in [4.69, 9.17) is 18.0 Å². The highest BCUT2D eigenvalue weighted by Crippen LogP contribution is 2.33. The van der Waals surface area contributed by atoms with Gasteiger partial charge in [0.2, 0.25) is 5.89 Å². The summed E-state index contributed by atoms with van der Waals surface area (Å²) in [6.07, 6.45) is -0.170. The highest BCUT2D eigenvalue weighted by Gasteiger charge is 2.27. The Balaban J connectivity index is 1.28. The smallest absolute Gasteiger partial charge is 0.408 e. The number of fused-ring (bicyclic) bond motifs is 2. The summed E-state index contributed by atoms with van der Waals surface area (Å²) in [7, 11) is 0. The molecule has 8 nitrogen and oxygen atoms in total. The van der Waals surface area contributed by atoms with E-state index in [1.165, 1.54) is 0 Å². The summed E-state index contributed by atoms with van der Waals surface area (Å²) in [4.78, 5) is 12.8. The van der Waals surface area contributed by atoms with Gasteiger partial charge < -0.3 is 23.3 Å². The van der Waals surface area contributed by atoms with Gasteiger partial charge >= 0.3 is 6.09 Å². The Hall–Kier alpha value is -4.85. The fraction of sp³-hybridized carbons (Fsp3) is 0.219. The second-order valence-corrected chi connectivity index (χ2v) is 10.7. The van der Waals surface area contributed by atoms with E-state index in [0.29, 0.717) is 12.2 Å². The largest absolute Gasteiger partial charge is 0.456 e. The number of aryl methyl sites for hydroxylation is 1. The summed E-state index contributed by atoms with van der Waals surface area (Å²) in [6, 6.07) is 25.0. The van der Waals surface area contributed by atoms with Gasteiger partial charge in [0.1, 0.15) is 28.6 Å². The quantitative estimate of drug-likeness (QED) is 0.230. The predicted octanol–water partition coefficient (Wildman–Crippen LogP) is 8.01. The molecule has 40 heavy (non-hydrogen) atoms. The molecule has 0 aliphatic heterocycles. The molecule has 1 N–H and O–H groups in total. The molecule has 0 aliphatic carbocycles. The lowest BCUT2D eigenvalue weighted by atomic mass is 10.0. The van der Waals surface area contributed by atoms with Gasteiger partial charge in [0.05, 0.1) is 0 Å². The summed E-state index contributed by atoms with van der Waals surface area (Å²) in [5, 5.41) is 13.5. The van der Waals surface area contributed by atoms with Crippen LogP contribution in [0.3, 0.4) is 0 Å². The van der Waals surface area contributed by atoms with Crippen molar-refractivity contribution in [3.05, 3.63) is 95.9 Å². The Kier molecular flexibility index (Phi) is 6.38. The maximum absolute atomic E-state index is 12.8. The highest BCUT2D eigenvalue weighted by atomic mass is 16.6. The van der Waals surface area contributed by atoms with Crippen molar-refractivity contribution in [2.45, 2.75) is 45.8 Å². The summed E-state index contributed by atoms with van der Waals surface area (Å²) in [6.45, 7) is 7.39. The Labute approximate surface area is 231 Å². The first kappa shape index (κ1) is 25.4. The minimum absolute atomic E-state index is 0.250. The van der Waals surface area contributed by atoms with E-state index in [-0.39, 0.29) is 11.8 Å². The molecule has 1 atom stereocenters. The molecule has 1 unspecified atom stereocenters. The SMILES string of the molecule is Cc1c(-c2nnc(C(Cc3ccc(-c4cc5ccccc5o4)cc3)NC(=O)OC(C)(C)C)o2)oc2ccccc12. The van der Waals surface area contributed by atoms with Crippen LogP contribution in [-0.4, -0.2) is 21.9 Å². The Morgan fingerprint density at radius 1 is 0.900 bits per heavy atom. The lowest BCUT2D eigenvalue weighted by Crippen LogP contribution is -2.36. The average Bonchev–Trinajstić information content (AvgIpc) is 3.65. The first-order valence-corrected chi connectivity index (χ1v) is 13.1. The maximum atomic E-state index is 12.8. The number of benzene rings is 3. The van der Waals surface area contributed by atoms with Gasteiger partial charge in [0.15, 0.2) is 5.76 Å². The third-order valence-electron chi connectivity index (χ3n) is 6.57. The number of nitrogens with zero attached hydrogens (tertiary/aromatic N) is 2. The number of aromatic nitrogens is 2. The van der Waals surface area contributed by atoms with Gasteiger partial charge in [-0.15, -0.1) is 10.2 Å². The highest BCUT2D eigenvalue weighted by molar-refractivity contribution is 5.86. The summed E-state index contributed by atoms with van der Waals surface area (Å²) < 4.78 is 23.6. The van der Waals surface area contributed by atoms with Crippen molar-refractivity contribution in [1.82, 2.24) is 15.5 Å². The molecule has 0 saturated heterocycles. The second kappa shape index (κ2) is 10.0. The number of carbonyl (C=O) groups is 1. The molecule has 0 spiro atoms. The van der Waals surface area contributed by atoms with Crippen molar-refractivity contribution in [2.24, 2.45) is 0 Å². The summed E-state index contributed by atoms with van der Waals surface area (Å²) in [5.41, 5.74) is 3.74. The van der Waals surface area contributed by atoms with Crippen molar-refractivity contribution >= 4 is 28.0 Å². The van der Waals surface area contributed by atoms with Crippen molar-refractivity contribution in [1.29, 1.82) is 0 Å². The van der Waals surface area contributed by atoms with Gasteiger partial charge in [0.25, 0.3) is 5.89 Å². The molecule has 1 amide bonds. The molecule has 6 aromatic rings. The van der Waals surface area contributed by atoms with Crippen LogP contribution in [-0.2, 0) is 11.2 Å². The molecule has 6 rings (SSSR count). The van der Waals surface area contributed by atoms with E-state index in [1.54, 1.807) is 0 Å². The van der Waals surface area contributed by atoms with Crippen LogP contribution in [0.15, 0.2) is 92.1 Å². The molecule has 202 valence electrons. The number of carbonyl (C=O) groups excluding carboxylic acids is 1. The molecule has 0 radical (unpaired) electrons. The Morgan fingerprint density at radius 3 is 2.35 bits per heavy atom. The van der Waals surface area contributed by atoms with Crippen molar-refractivity contribution < 1.29 is 22.8 Å². The number of rotatable bonds is 6. The fourth-order valence-corrected chi connectivity index (χ4v) is 4.66. The molecule has 0 aliphatic rings. The van der Waals surface area contributed by atoms with Gasteiger partial charge in [-0.3, -0.25) is 0 Å². The molecule has 3 heterocycles. The van der Waals surface area contributed by atoms with E-state index in [2.05, 4.69) is 15.5 Å². The second-order valence-electron chi connectivity index (χ2n) is 10.7. The monoisotopic (exact) mass is 535 g/mol.